The number of esters is 1. The standard InChI is InChI=1S/C16H21N5O3/c1-10(2)24-14(22)12-4-6-13(7-5-12)23-8-11(3)20-16-19-9-18-15(17)21-16/h4-7,9-11H,8H2,1-3H3,(H3,17,18,19,20,21). The van der Waals surface area contributed by atoms with Gasteiger partial charge in [-0.25, -0.2) is 14.8 Å². The van der Waals surface area contributed by atoms with Gasteiger partial charge in [-0.3, -0.25) is 0 Å². The second-order valence-electron chi connectivity index (χ2n) is 5.50. The van der Waals surface area contributed by atoms with E-state index < -0.39 is 0 Å². The lowest BCUT2D eigenvalue weighted by molar-refractivity contribution is 0.0378. The molecular formula is C16H21N5O3. The van der Waals surface area contributed by atoms with Crippen LogP contribution in [-0.4, -0.2) is 39.7 Å². The number of rotatable bonds is 7. The molecule has 8 nitrogen and oxygen atoms in total. The van der Waals surface area contributed by atoms with Crippen LogP contribution in [0.25, 0.3) is 0 Å². The average molecular weight is 331 g/mol. The molecule has 0 saturated carbocycles. The van der Waals surface area contributed by atoms with Gasteiger partial charge in [0.05, 0.1) is 17.7 Å². The number of hydrogen-bond acceptors (Lipinski definition) is 8. The zero-order valence-corrected chi connectivity index (χ0v) is 13.9. The van der Waals surface area contributed by atoms with E-state index in [1.165, 1.54) is 6.33 Å². The fraction of sp³-hybridized carbons (Fsp3) is 0.375. The highest BCUT2D eigenvalue weighted by molar-refractivity contribution is 5.89. The normalized spacial score (nSPS) is 11.8. The highest BCUT2D eigenvalue weighted by atomic mass is 16.5. The topological polar surface area (TPSA) is 112 Å². The van der Waals surface area contributed by atoms with Crippen molar-refractivity contribution in [1.82, 2.24) is 15.0 Å². The minimum atomic E-state index is -0.348. The van der Waals surface area contributed by atoms with Crippen molar-refractivity contribution in [1.29, 1.82) is 0 Å². The Morgan fingerprint density at radius 3 is 2.54 bits per heavy atom. The van der Waals surface area contributed by atoms with Crippen LogP contribution in [0, 0.1) is 0 Å². The van der Waals surface area contributed by atoms with Gasteiger partial charge in [0.1, 0.15) is 18.7 Å². The van der Waals surface area contributed by atoms with E-state index in [9.17, 15) is 4.79 Å². The Kier molecular flexibility index (Phi) is 5.89. The predicted octanol–water partition coefficient (Wildman–Crippen LogP) is 1.90. The highest BCUT2D eigenvalue weighted by Gasteiger charge is 2.10. The molecule has 0 aliphatic heterocycles. The summed E-state index contributed by atoms with van der Waals surface area (Å²) in [5.74, 6) is 0.855. The molecule has 2 rings (SSSR count). The van der Waals surface area contributed by atoms with Gasteiger partial charge in [0.2, 0.25) is 11.9 Å². The third-order valence-corrected chi connectivity index (χ3v) is 2.90. The Balaban J connectivity index is 1.84. The smallest absolute Gasteiger partial charge is 0.338 e. The summed E-state index contributed by atoms with van der Waals surface area (Å²) in [6.45, 7) is 5.93. The van der Waals surface area contributed by atoms with Gasteiger partial charge in [-0.1, -0.05) is 0 Å². The van der Waals surface area contributed by atoms with Crippen molar-refractivity contribution in [3.63, 3.8) is 0 Å². The van der Waals surface area contributed by atoms with E-state index in [0.717, 1.165) is 0 Å². The van der Waals surface area contributed by atoms with Crippen LogP contribution < -0.4 is 15.8 Å². The molecular weight excluding hydrogens is 310 g/mol. The van der Waals surface area contributed by atoms with Crippen LogP contribution in [0.3, 0.4) is 0 Å². The SMILES string of the molecule is CC(COc1ccc(C(=O)OC(C)C)cc1)Nc1ncnc(N)n1. The van der Waals surface area contributed by atoms with Gasteiger partial charge < -0.3 is 20.5 Å². The number of carbonyl (C=O) groups excluding carboxylic acids is 1. The molecule has 1 aromatic heterocycles. The van der Waals surface area contributed by atoms with Crippen molar-refractivity contribution in [3.8, 4) is 5.75 Å². The first-order chi connectivity index (χ1) is 11.4. The Morgan fingerprint density at radius 2 is 1.92 bits per heavy atom. The van der Waals surface area contributed by atoms with Crippen LogP contribution in [0.1, 0.15) is 31.1 Å². The number of nitrogen functional groups attached to an aromatic ring is 1. The second kappa shape index (κ2) is 8.09. The van der Waals surface area contributed by atoms with Gasteiger partial charge in [0.15, 0.2) is 0 Å². The number of nitrogens with one attached hydrogen (secondary N) is 1. The molecule has 0 spiro atoms. The predicted molar refractivity (Wildman–Crippen MR) is 89.8 cm³/mol. The van der Waals surface area contributed by atoms with Gasteiger partial charge in [-0.2, -0.15) is 4.98 Å². The maximum absolute atomic E-state index is 11.8. The summed E-state index contributed by atoms with van der Waals surface area (Å²) in [4.78, 5) is 23.4. The van der Waals surface area contributed by atoms with Gasteiger partial charge in [-0.15, -0.1) is 0 Å². The Morgan fingerprint density at radius 1 is 1.21 bits per heavy atom. The molecule has 1 heterocycles. The van der Waals surface area contributed by atoms with E-state index in [-0.39, 0.29) is 24.1 Å². The molecule has 1 aromatic carbocycles. The average Bonchev–Trinajstić information content (AvgIpc) is 2.53. The maximum Gasteiger partial charge on any atom is 0.338 e. The molecule has 3 N–H and O–H groups in total. The number of nitrogens with two attached hydrogens (primary N) is 1. The lowest BCUT2D eigenvalue weighted by Gasteiger charge is -2.15. The summed E-state index contributed by atoms with van der Waals surface area (Å²) in [7, 11) is 0. The molecule has 8 heteroatoms. The van der Waals surface area contributed by atoms with Gasteiger partial charge >= 0.3 is 5.97 Å². The summed E-state index contributed by atoms with van der Waals surface area (Å²) in [6, 6.07) is 6.75. The number of anilines is 2. The third-order valence-electron chi connectivity index (χ3n) is 2.90. The van der Waals surface area contributed by atoms with Crippen LogP contribution in [0.4, 0.5) is 11.9 Å². The van der Waals surface area contributed by atoms with Crippen molar-refractivity contribution in [2.75, 3.05) is 17.7 Å². The first-order valence-corrected chi connectivity index (χ1v) is 7.59. The summed E-state index contributed by atoms with van der Waals surface area (Å²) in [6.07, 6.45) is 1.19. The molecule has 0 amide bonds. The van der Waals surface area contributed by atoms with Gasteiger partial charge in [-0.05, 0) is 45.0 Å². The van der Waals surface area contributed by atoms with E-state index in [0.29, 0.717) is 23.9 Å². The first-order valence-electron chi connectivity index (χ1n) is 7.59. The molecule has 0 saturated heterocycles. The fourth-order valence-electron chi connectivity index (χ4n) is 1.83. The summed E-state index contributed by atoms with van der Waals surface area (Å²) in [5.41, 5.74) is 5.99. The molecule has 0 fully saturated rings. The fourth-order valence-corrected chi connectivity index (χ4v) is 1.83. The van der Waals surface area contributed by atoms with E-state index in [1.807, 2.05) is 20.8 Å². The van der Waals surface area contributed by atoms with E-state index >= 15 is 0 Å². The molecule has 1 atom stereocenters. The van der Waals surface area contributed by atoms with Gasteiger partial charge in [0.25, 0.3) is 0 Å². The zero-order chi connectivity index (χ0) is 17.5. The van der Waals surface area contributed by atoms with E-state index in [2.05, 4.69) is 20.3 Å². The number of aromatic nitrogens is 3. The second-order valence-corrected chi connectivity index (χ2v) is 5.50. The van der Waals surface area contributed by atoms with Crippen molar-refractivity contribution < 1.29 is 14.3 Å². The van der Waals surface area contributed by atoms with Crippen LogP contribution in [0.2, 0.25) is 0 Å². The monoisotopic (exact) mass is 331 g/mol. The molecule has 0 aliphatic carbocycles. The zero-order valence-electron chi connectivity index (χ0n) is 13.9. The number of nitrogens with zero attached hydrogens (tertiary/aromatic N) is 3. The van der Waals surface area contributed by atoms with Crippen LogP contribution in [-0.2, 0) is 4.74 Å². The summed E-state index contributed by atoms with van der Waals surface area (Å²) < 4.78 is 10.8. The molecule has 0 aliphatic rings. The van der Waals surface area contributed by atoms with Crippen molar-refractivity contribution in [2.24, 2.45) is 0 Å². The molecule has 0 bridgehead atoms. The molecule has 1 unspecified atom stereocenters. The largest absolute Gasteiger partial charge is 0.491 e. The Labute approximate surface area is 140 Å². The van der Waals surface area contributed by atoms with Crippen LogP contribution in [0.5, 0.6) is 5.75 Å². The van der Waals surface area contributed by atoms with Crippen molar-refractivity contribution >= 4 is 17.9 Å². The van der Waals surface area contributed by atoms with E-state index in [4.69, 9.17) is 15.2 Å². The number of hydrogen-bond donors (Lipinski definition) is 2. The Bertz CT molecular complexity index is 676. The van der Waals surface area contributed by atoms with Crippen LogP contribution >= 0.6 is 0 Å². The maximum atomic E-state index is 11.8. The number of ether oxygens (including phenoxy) is 2. The molecule has 2 aromatic rings. The quantitative estimate of drug-likeness (QED) is 0.740. The molecule has 128 valence electrons. The Hall–Kier alpha value is -2.90. The molecule has 0 radical (unpaired) electrons. The lowest BCUT2D eigenvalue weighted by Crippen LogP contribution is -2.25. The number of carbonyl (C=O) groups is 1. The molecule has 24 heavy (non-hydrogen) atoms. The first kappa shape index (κ1) is 17.5. The van der Waals surface area contributed by atoms with E-state index in [1.54, 1.807) is 24.3 Å². The summed E-state index contributed by atoms with van der Waals surface area (Å²) in [5, 5.41) is 3.06. The minimum absolute atomic E-state index is 0.0441. The number of benzene rings is 1. The van der Waals surface area contributed by atoms with Crippen molar-refractivity contribution in [2.45, 2.75) is 32.9 Å². The lowest BCUT2D eigenvalue weighted by atomic mass is 10.2. The van der Waals surface area contributed by atoms with Crippen molar-refractivity contribution in [3.05, 3.63) is 36.2 Å². The van der Waals surface area contributed by atoms with Crippen LogP contribution in [0.15, 0.2) is 30.6 Å². The summed E-state index contributed by atoms with van der Waals surface area (Å²) >= 11 is 0. The minimum Gasteiger partial charge on any atom is -0.491 e. The highest BCUT2D eigenvalue weighted by Crippen LogP contribution is 2.14. The van der Waals surface area contributed by atoms with Gasteiger partial charge in [0, 0.05) is 0 Å². The third kappa shape index (κ3) is 5.38.